The Bertz CT molecular complexity index is 673. The van der Waals surface area contributed by atoms with Gasteiger partial charge in [-0.3, -0.25) is 0 Å². The topological polar surface area (TPSA) is 79.4 Å². The zero-order chi connectivity index (χ0) is 17.5. The number of nitrogens with one attached hydrogen (secondary N) is 2. The van der Waals surface area contributed by atoms with E-state index in [0.717, 1.165) is 5.75 Å². The molecule has 2 aromatic rings. The lowest BCUT2D eigenvalue weighted by Gasteiger charge is -2.22. The molecule has 0 aliphatic rings. The highest BCUT2D eigenvalue weighted by Crippen LogP contribution is 2.26. The summed E-state index contributed by atoms with van der Waals surface area (Å²) in [5, 5.41) is 5.95. The van der Waals surface area contributed by atoms with Crippen LogP contribution in [0.3, 0.4) is 0 Å². The molecule has 7 heteroatoms. The number of rotatable bonds is 6. The molecule has 0 unspecified atom stereocenters. The number of benzene rings is 1. The van der Waals surface area contributed by atoms with Crippen LogP contribution in [0.5, 0.6) is 5.75 Å². The molecule has 0 saturated heterocycles. The Labute approximate surface area is 142 Å². The van der Waals surface area contributed by atoms with Crippen molar-refractivity contribution in [2.75, 3.05) is 23.9 Å². The molecule has 0 bridgehead atoms. The van der Waals surface area contributed by atoms with Gasteiger partial charge in [0.25, 0.3) is 0 Å². The first-order valence-electron chi connectivity index (χ1n) is 7.86. The molecular weight excluding hydrogens is 306 g/mol. The number of methoxy groups -OCH3 is 1. The van der Waals surface area contributed by atoms with Gasteiger partial charge in [-0.25, -0.2) is 14.7 Å². The minimum atomic E-state index is -0.253. The molecule has 0 fully saturated rings. The third kappa shape index (κ3) is 4.34. The quantitative estimate of drug-likeness (QED) is 0.851. The Kier molecular flexibility index (Phi) is 5.95. The minimum absolute atomic E-state index is 0.194. The zero-order valence-corrected chi connectivity index (χ0v) is 14.4. The van der Waals surface area contributed by atoms with Gasteiger partial charge in [0, 0.05) is 24.8 Å². The van der Waals surface area contributed by atoms with Crippen molar-refractivity contribution < 1.29 is 9.53 Å². The predicted molar refractivity (Wildman–Crippen MR) is 95.0 cm³/mol. The first kappa shape index (κ1) is 17.5. The van der Waals surface area contributed by atoms with Crippen LogP contribution < -0.4 is 20.3 Å². The van der Waals surface area contributed by atoms with Gasteiger partial charge in [0.1, 0.15) is 11.6 Å². The van der Waals surface area contributed by atoms with E-state index in [4.69, 9.17) is 4.74 Å². The van der Waals surface area contributed by atoms with Crippen molar-refractivity contribution in [1.29, 1.82) is 0 Å². The van der Waals surface area contributed by atoms with E-state index in [9.17, 15) is 4.79 Å². The summed E-state index contributed by atoms with van der Waals surface area (Å²) in [4.78, 5) is 22.7. The van der Waals surface area contributed by atoms with Gasteiger partial charge in [-0.15, -0.1) is 0 Å². The Balaban J connectivity index is 2.40. The lowest BCUT2D eigenvalue weighted by Crippen LogP contribution is -2.37. The number of hydrogen-bond acceptors (Lipinski definition) is 5. The Hall–Kier alpha value is -2.83. The molecule has 1 aromatic carbocycles. The van der Waals surface area contributed by atoms with Crippen LogP contribution in [0.2, 0.25) is 0 Å². The lowest BCUT2D eigenvalue weighted by atomic mass is 10.2. The van der Waals surface area contributed by atoms with E-state index in [0.29, 0.717) is 24.0 Å². The number of carbonyl (C=O) groups is 1. The number of anilines is 3. The summed E-state index contributed by atoms with van der Waals surface area (Å²) in [6.45, 7) is 6.39. The van der Waals surface area contributed by atoms with Crippen LogP contribution in [-0.4, -0.2) is 35.7 Å². The van der Waals surface area contributed by atoms with E-state index in [1.807, 2.05) is 32.9 Å². The van der Waals surface area contributed by atoms with Crippen LogP contribution in [0.25, 0.3) is 0 Å². The Morgan fingerprint density at radius 3 is 2.54 bits per heavy atom. The van der Waals surface area contributed by atoms with Crippen molar-refractivity contribution in [1.82, 2.24) is 15.3 Å². The normalized spacial score (nSPS) is 10.4. The van der Waals surface area contributed by atoms with Crippen LogP contribution in [0.1, 0.15) is 20.8 Å². The molecule has 2 amide bonds. The molecular formula is C17H23N5O2. The Morgan fingerprint density at radius 2 is 1.96 bits per heavy atom. The number of ether oxygens (including phenoxy) is 1. The number of aromatic nitrogens is 2. The average molecular weight is 329 g/mol. The summed E-state index contributed by atoms with van der Waals surface area (Å²) in [6, 6.07) is 8.87. The molecule has 1 aromatic heterocycles. The molecule has 0 radical (unpaired) electrons. The first-order chi connectivity index (χ1) is 11.5. The minimum Gasteiger partial charge on any atom is -0.497 e. The number of carbonyl (C=O) groups excluding carboxylic acids is 1. The highest BCUT2D eigenvalue weighted by molar-refractivity contribution is 5.98. The number of nitrogens with zero attached hydrogens (tertiary/aromatic N) is 3. The van der Waals surface area contributed by atoms with Gasteiger partial charge in [-0.05, 0) is 45.0 Å². The molecule has 0 atom stereocenters. The van der Waals surface area contributed by atoms with Gasteiger partial charge in [0.15, 0.2) is 0 Å². The molecule has 2 rings (SSSR count). The monoisotopic (exact) mass is 329 g/mol. The fraction of sp³-hybridized carbons (Fsp3) is 0.353. The van der Waals surface area contributed by atoms with Crippen molar-refractivity contribution in [3.8, 4) is 5.75 Å². The largest absolute Gasteiger partial charge is 0.497 e. The summed E-state index contributed by atoms with van der Waals surface area (Å²) in [5.74, 6) is 1.69. The highest BCUT2D eigenvalue weighted by Gasteiger charge is 2.19. The van der Waals surface area contributed by atoms with Crippen molar-refractivity contribution >= 4 is 23.5 Å². The fourth-order valence-electron chi connectivity index (χ4n) is 2.12. The maximum Gasteiger partial charge on any atom is 0.327 e. The van der Waals surface area contributed by atoms with Crippen LogP contribution in [0, 0.1) is 0 Å². The van der Waals surface area contributed by atoms with E-state index < -0.39 is 0 Å². The van der Waals surface area contributed by atoms with E-state index in [-0.39, 0.29) is 12.1 Å². The molecule has 0 aliphatic heterocycles. The molecule has 0 saturated carbocycles. The molecule has 1 heterocycles. The molecule has 0 aliphatic carbocycles. The van der Waals surface area contributed by atoms with E-state index in [1.165, 1.54) is 4.90 Å². The van der Waals surface area contributed by atoms with Gasteiger partial charge in [-0.1, -0.05) is 0 Å². The van der Waals surface area contributed by atoms with Crippen molar-refractivity contribution in [2.24, 2.45) is 0 Å². The van der Waals surface area contributed by atoms with Gasteiger partial charge in [0.2, 0.25) is 5.95 Å². The number of hydrogen-bond donors (Lipinski definition) is 2. The summed E-state index contributed by atoms with van der Waals surface area (Å²) in [5.41, 5.74) is 0.691. The maximum atomic E-state index is 12.5. The summed E-state index contributed by atoms with van der Waals surface area (Å²) < 4.78 is 5.17. The van der Waals surface area contributed by atoms with Crippen molar-refractivity contribution in [3.05, 3.63) is 36.5 Å². The zero-order valence-electron chi connectivity index (χ0n) is 14.4. The molecule has 24 heavy (non-hydrogen) atoms. The van der Waals surface area contributed by atoms with Gasteiger partial charge in [-0.2, -0.15) is 4.98 Å². The van der Waals surface area contributed by atoms with E-state index in [2.05, 4.69) is 20.6 Å². The first-order valence-corrected chi connectivity index (χ1v) is 7.86. The van der Waals surface area contributed by atoms with Gasteiger partial charge < -0.3 is 15.4 Å². The van der Waals surface area contributed by atoms with Gasteiger partial charge >= 0.3 is 6.03 Å². The summed E-state index contributed by atoms with van der Waals surface area (Å²) in [6.07, 6.45) is 1.63. The van der Waals surface area contributed by atoms with Crippen molar-refractivity contribution in [3.63, 3.8) is 0 Å². The van der Waals surface area contributed by atoms with Crippen LogP contribution in [0.15, 0.2) is 36.5 Å². The van der Waals surface area contributed by atoms with Crippen LogP contribution in [0.4, 0.5) is 22.2 Å². The lowest BCUT2D eigenvalue weighted by molar-refractivity contribution is 0.249. The fourth-order valence-corrected chi connectivity index (χ4v) is 2.12. The predicted octanol–water partition coefficient (Wildman–Crippen LogP) is 3.17. The SMILES string of the molecule is CCNC(=O)N(c1ccc(OC)cc1)c1ccnc(NC(C)C)n1. The second kappa shape index (κ2) is 8.14. The van der Waals surface area contributed by atoms with Crippen LogP contribution >= 0.6 is 0 Å². The highest BCUT2D eigenvalue weighted by atomic mass is 16.5. The van der Waals surface area contributed by atoms with Gasteiger partial charge in [0.05, 0.1) is 12.8 Å². The third-order valence-corrected chi connectivity index (χ3v) is 3.15. The van der Waals surface area contributed by atoms with E-state index in [1.54, 1.807) is 31.5 Å². The number of urea groups is 1. The average Bonchev–Trinajstić information content (AvgIpc) is 2.56. The smallest absolute Gasteiger partial charge is 0.327 e. The van der Waals surface area contributed by atoms with E-state index >= 15 is 0 Å². The molecule has 0 spiro atoms. The molecule has 7 nitrogen and oxygen atoms in total. The van der Waals surface area contributed by atoms with Crippen molar-refractivity contribution in [2.45, 2.75) is 26.8 Å². The number of amides is 2. The summed E-state index contributed by atoms with van der Waals surface area (Å²) >= 11 is 0. The molecule has 2 N–H and O–H groups in total. The molecule has 128 valence electrons. The Morgan fingerprint density at radius 1 is 1.25 bits per heavy atom. The second-order valence-corrected chi connectivity index (χ2v) is 5.41. The summed E-state index contributed by atoms with van der Waals surface area (Å²) in [7, 11) is 1.60. The maximum absolute atomic E-state index is 12.5. The third-order valence-electron chi connectivity index (χ3n) is 3.15. The van der Waals surface area contributed by atoms with Crippen LogP contribution in [-0.2, 0) is 0 Å². The standard InChI is InChI=1S/C17H23N5O2/c1-5-18-17(23)22(13-6-8-14(24-4)9-7-13)15-10-11-19-16(21-15)20-12(2)3/h6-12H,5H2,1-4H3,(H,18,23)(H,19,20,21). The second-order valence-electron chi connectivity index (χ2n) is 5.41.